The second-order valence-electron chi connectivity index (χ2n) is 3.41. The lowest BCUT2D eigenvalue weighted by molar-refractivity contribution is 0.717. The maximum atomic E-state index is 6.03. The normalized spacial score (nSPS) is 12.6. The third-order valence-electron chi connectivity index (χ3n) is 1.95. The molecule has 1 aromatic carbocycles. The lowest BCUT2D eigenvalue weighted by atomic mass is 10.0. The van der Waals surface area contributed by atoms with E-state index in [4.69, 9.17) is 28.9 Å². The maximum Gasteiger partial charge on any atom is 0.0640 e. The molecule has 0 aliphatic heterocycles. The number of hydrogen-bond acceptors (Lipinski definition) is 1. The van der Waals surface area contributed by atoms with Crippen LogP contribution in [0.1, 0.15) is 24.9 Å². The van der Waals surface area contributed by atoms with Crippen molar-refractivity contribution < 1.29 is 0 Å². The summed E-state index contributed by atoms with van der Waals surface area (Å²) in [6.07, 6.45) is 0.722. The fourth-order valence-corrected chi connectivity index (χ4v) is 1.74. The molecule has 0 aliphatic carbocycles. The van der Waals surface area contributed by atoms with E-state index in [0.717, 1.165) is 17.6 Å². The Labute approximate surface area is 94.5 Å². The van der Waals surface area contributed by atoms with Gasteiger partial charge in [-0.05, 0) is 25.0 Å². The molecular formula is C11H13Cl2N. The van der Waals surface area contributed by atoms with Crippen LogP contribution in [0.15, 0.2) is 30.4 Å². The second kappa shape index (κ2) is 4.83. The van der Waals surface area contributed by atoms with Gasteiger partial charge in [-0.3, -0.25) is 0 Å². The molecule has 14 heavy (non-hydrogen) atoms. The summed E-state index contributed by atoms with van der Waals surface area (Å²) in [5, 5.41) is 1.09. The maximum absolute atomic E-state index is 6.03. The van der Waals surface area contributed by atoms with Crippen LogP contribution in [0.4, 0.5) is 0 Å². The minimum Gasteiger partial charge on any atom is -0.324 e. The molecule has 1 rings (SSSR count). The molecule has 0 aromatic heterocycles. The van der Waals surface area contributed by atoms with Gasteiger partial charge in [0.2, 0.25) is 0 Å². The molecule has 0 saturated heterocycles. The van der Waals surface area contributed by atoms with E-state index in [9.17, 15) is 0 Å². The van der Waals surface area contributed by atoms with Gasteiger partial charge in [0, 0.05) is 6.04 Å². The largest absolute Gasteiger partial charge is 0.324 e. The van der Waals surface area contributed by atoms with E-state index in [1.165, 1.54) is 0 Å². The third-order valence-corrected chi connectivity index (χ3v) is 2.78. The molecule has 76 valence electrons. The zero-order chi connectivity index (χ0) is 10.7. The van der Waals surface area contributed by atoms with Gasteiger partial charge in [-0.2, -0.15) is 0 Å². The zero-order valence-electron chi connectivity index (χ0n) is 8.06. The highest BCUT2D eigenvalue weighted by Gasteiger charge is 2.11. The number of hydrogen-bond donors (Lipinski definition) is 1. The van der Waals surface area contributed by atoms with Crippen LogP contribution in [-0.2, 0) is 0 Å². The van der Waals surface area contributed by atoms with Gasteiger partial charge in [0.1, 0.15) is 0 Å². The van der Waals surface area contributed by atoms with Crippen molar-refractivity contribution in [1.29, 1.82) is 0 Å². The molecule has 3 heteroatoms. The Morgan fingerprint density at radius 1 is 1.50 bits per heavy atom. The predicted octanol–water partition coefficient (Wildman–Crippen LogP) is 3.96. The molecule has 2 N–H and O–H groups in total. The van der Waals surface area contributed by atoms with Crippen molar-refractivity contribution in [2.24, 2.45) is 5.73 Å². The van der Waals surface area contributed by atoms with Crippen LogP contribution < -0.4 is 5.73 Å². The molecule has 0 heterocycles. The molecule has 0 spiro atoms. The topological polar surface area (TPSA) is 26.0 Å². The monoisotopic (exact) mass is 229 g/mol. The number of rotatable bonds is 3. The quantitative estimate of drug-likeness (QED) is 0.781. The summed E-state index contributed by atoms with van der Waals surface area (Å²) in [5.41, 5.74) is 7.87. The van der Waals surface area contributed by atoms with Gasteiger partial charge < -0.3 is 5.73 Å². The van der Waals surface area contributed by atoms with Crippen molar-refractivity contribution in [1.82, 2.24) is 0 Å². The Kier molecular flexibility index (Phi) is 3.99. The van der Waals surface area contributed by atoms with Gasteiger partial charge in [0.25, 0.3) is 0 Å². The fourth-order valence-electron chi connectivity index (χ4n) is 1.29. The van der Waals surface area contributed by atoms with E-state index in [1.54, 1.807) is 6.07 Å². The first-order chi connectivity index (χ1) is 6.52. The van der Waals surface area contributed by atoms with E-state index in [1.807, 2.05) is 19.1 Å². The van der Waals surface area contributed by atoms with Crippen LogP contribution in [0.5, 0.6) is 0 Å². The van der Waals surface area contributed by atoms with Crippen LogP contribution in [0.25, 0.3) is 0 Å². The van der Waals surface area contributed by atoms with Crippen LogP contribution >= 0.6 is 23.2 Å². The number of benzene rings is 1. The SMILES string of the molecule is C=C(C)CC(N)c1cccc(Cl)c1Cl. The van der Waals surface area contributed by atoms with Crippen molar-refractivity contribution in [3.05, 3.63) is 46.0 Å². The van der Waals surface area contributed by atoms with E-state index >= 15 is 0 Å². The van der Waals surface area contributed by atoms with Crippen molar-refractivity contribution in [2.75, 3.05) is 0 Å². The van der Waals surface area contributed by atoms with Gasteiger partial charge in [0.15, 0.2) is 0 Å². The fraction of sp³-hybridized carbons (Fsp3) is 0.273. The standard InChI is InChI=1S/C11H13Cl2N/c1-7(2)6-10(14)8-4-3-5-9(12)11(8)13/h3-5,10H,1,6,14H2,2H3. The highest BCUT2D eigenvalue weighted by atomic mass is 35.5. The molecule has 0 saturated carbocycles. The summed E-state index contributed by atoms with van der Waals surface area (Å²) in [7, 11) is 0. The molecule has 0 aliphatic rings. The molecule has 0 amide bonds. The molecular weight excluding hydrogens is 217 g/mol. The predicted molar refractivity (Wildman–Crippen MR) is 62.8 cm³/mol. The molecule has 0 radical (unpaired) electrons. The summed E-state index contributed by atoms with van der Waals surface area (Å²) in [6.45, 7) is 5.76. The Morgan fingerprint density at radius 3 is 2.71 bits per heavy atom. The van der Waals surface area contributed by atoms with Crippen molar-refractivity contribution in [2.45, 2.75) is 19.4 Å². The first-order valence-electron chi connectivity index (χ1n) is 4.36. The molecule has 1 unspecified atom stereocenters. The van der Waals surface area contributed by atoms with E-state index in [0.29, 0.717) is 10.0 Å². The zero-order valence-corrected chi connectivity index (χ0v) is 9.57. The van der Waals surface area contributed by atoms with Gasteiger partial charge in [-0.1, -0.05) is 40.9 Å². The molecule has 1 aromatic rings. The molecule has 0 bridgehead atoms. The molecule has 1 nitrogen and oxygen atoms in total. The highest BCUT2D eigenvalue weighted by Crippen LogP contribution is 2.30. The van der Waals surface area contributed by atoms with Crippen LogP contribution in [0.2, 0.25) is 10.0 Å². The minimum atomic E-state index is -0.126. The highest BCUT2D eigenvalue weighted by molar-refractivity contribution is 6.42. The Balaban J connectivity index is 2.95. The van der Waals surface area contributed by atoms with Crippen LogP contribution in [0, 0.1) is 0 Å². The van der Waals surface area contributed by atoms with Gasteiger partial charge in [0.05, 0.1) is 10.0 Å². The van der Waals surface area contributed by atoms with Crippen molar-refractivity contribution >= 4 is 23.2 Å². The molecule has 1 atom stereocenters. The van der Waals surface area contributed by atoms with Gasteiger partial charge >= 0.3 is 0 Å². The summed E-state index contributed by atoms with van der Waals surface area (Å²) >= 11 is 11.9. The van der Waals surface area contributed by atoms with Crippen molar-refractivity contribution in [3.63, 3.8) is 0 Å². The third kappa shape index (κ3) is 2.74. The molecule has 0 fully saturated rings. The minimum absolute atomic E-state index is 0.126. The number of halogens is 2. The Bertz CT molecular complexity index is 347. The van der Waals surface area contributed by atoms with E-state index in [-0.39, 0.29) is 6.04 Å². The van der Waals surface area contributed by atoms with Crippen molar-refractivity contribution in [3.8, 4) is 0 Å². The van der Waals surface area contributed by atoms with E-state index in [2.05, 4.69) is 6.58 Å². The summed E-state index contributed by atoms with van der Waals surface area (Å²) in [4.78, 5) is 0. The first-order valence-corrected chi connectivity index (χ1v) is 5.12. The van der Waals surface area contributed by atoms with Gasteiger partial charge in [-0.15, -0.1) is 6.58 Å². The lowest BCUT2D eigenvalue weighted by Gasteiger charge is -2.14. The summed E-state index contributed by atoms with van der Waals surface area (Å²) in [5.74, 6) is 0. The number of nitrogens with two attached hydrogens (primary N) is 1. The average molecular weight is 230 g/mol. The second-order valence-corrected chi connectivity index (χ2v) is 4.20. The first kappa shape index (κ1) is 11.6. The Hall–Kier alpha value is -0.500. The lowest BCUT2D eigenvalue weighted by Crippen LogP contribution is -2.11. The van der Waals surface area contributed by atoms with Gasteiger partial charge in [-0.25, -0.2) is 0 Å². The summed E-state index contributed by atoms with van der Waals surface area (Å²) < 4.78 is 0. The van der Waals surface area contributed by atoms with E-state index < -0.39 is 0 Å². The van der Waals surface area contributed by atoms with Crippen LogP contribution in [0.3, 0.4) is 0 Å². The van der Waals surface area contributed by atoms with Crippen LogP contribution in [-0.4, -0.2) is 0 Å². The smallest absolute Gasteiger partial charge is 0.0640 e. The summed E-state index contributed by atoms with van der Waals surface area (Å²) in [6, 6.07) is 5.36. The average Bonchev–Trinajstić information content (AvgIpc) is 2.08. The Morgan fingerprint density at radius 2 is 2.14 bits per heavy atom.